The molecule has 0 unspecified atom stereocenters. The monoisotopic (exact) mass is 404 g/mol. The average molecular weight is 404 g/mol. The molecule has 0 amide bonds. The van der Waals surface area contributed by atoms with Gasteiger partial charge in [-0.3, -0.25) is 0 Å². The van der Waals surface area contributed by atoms with Gasteiger partial charge >= 0.3 is 0 Å². The number of hydrogen-bond donors (Lipinski definition) is 1. The second-order valence-electron chi connectivity index (χ2n) is 6.05. The molecule has 2 aromatic carbocycles. The third-order valence-electron chi connectivity index (χ3n) is 3.91. The van der Waals surface area contributed by atoms with E-state index in [1.54, 1.807) is 12.1 Å². The fraction of sp³-hybridized carbons (Fsp3) is 0.263. The fourth-order valence-electron chi connectivity index (χ4n) is 2.54. The summed E-state index contributed by atoms with van der Waals surface area (Å²) >= 11 is 1.23. The van der Waals surface area contributed by atoms with Crippen LogP contribution in [0.25, 0.3) is 11.5 Å². The van der Waals surface area contributed by atoms with Crippen LogP contribution in [0.2, 0.25) is 0 Å². The number of aliphatic hydroxyl groups excluding tert-OH is 1. The molecule has 9 heteroatoms. The molecule has 1 aliphatic rings. The average Bonchev–Trinajstić information content (AvgIpc) is 3.36. The van der Waals surface area contributed by atoms with Gasteiger partial charge in [0.15, 0.2) is 11.5 Å². The van der Waals surface area contributed by atoms with Crippen LogP contribution >= 0.6 is 11.8 Å². The lowest BCUT2D eigenvalue weighted by Gasteiger charge is -2.10. The molecule has 0 saturated heterocycles. The summed E-state index contributed by atoms with van der Waals surface area (Å²) in [5.74, 6) is 1.73. The lowest BCUT2D eigenvalue weighted by molar-refractivity contribution is 0.0396. The van der Waals surface area contributed by atoms with E-state index in [9.17, 15) is 9.50 Å². The first kappa shape index (κ1) is 18.7. The lowest BCUT2D eigenvalue weighted by atomic mass is 10.2. The van der Waals surface area contributed by atoms with E-state index >= 15 is 0 Å². The molecule has 3 aromatic rings. The number of halogens is 1. The summed E-state index contributed by atoms with van der Waals surface area (Å²) in [4.78, 5) is 0. The SMILES string of the molecule is O[C@@H](COCc1ccc2c(c1)OCO2)CSc1nnc(-c2ccc(F)cc2)o1. The highest BCUT2D eigenvalue weighted by Gasteiger charge is 2.14. The van der Waals surface area contributed by atoms with Crippen LogP contribution in [0.1, 0.15) is 5.56 Å². The van der Waals surface area contributed by atoms with E-state index in [1.807, 2.05) is 18.2 Å². The maximum atomic E-state index is 13.0. The Bertz CT molecular complexity index is 934. The molecule has 2 heterocycles. The molecule has 4 rings (SSSR count). The van der Waals surface area contributed by atoms with Gasteiger partial charge in [-0.2, -0.15) is 0 Å². The Balaban J connectivity index is 1.21. The number of rotatable bonds is 8. The number of aliphatic hydroxyl groups is 1. The minimum atomic E-state index is -0.694. The number of aromatic nitrogens is 2. The van der Waals surface area contributed by atoms with Gasteiger partial charge in [-0.05, 0) is 42.0 Å². The molecule has 28 heavy (non-hydrogen) atoms. The summed E-state index contributed by atoms with van der Waals surface area (Å²) in [6.07, 6.45) is -0.694. The van der Waals surface area contributed by atoms with Crippen molar-refractivity contribution in [1.82, 2.24) is 10.2 Å². The molecule has 0 fully saturated rings. The number of benzene rings is 2. The highest BCUT2D eigenvalue weighted by molar-refractivity contribution is 7.99. The zero-order valence-electron chi connectivity index (χ0n) is 14.7. The molecule has 0 bridgehead atoms. The minimum absolute atomic E-state index is 0.167. The molecule has 1 atom stereocenters. The molecule has 1 N–H and O–H groups in total. The first-order chi connectivity index (χ1) is 13.7. The Morgan fingerprint density at radius 3 is 2.79 bits per heavy atom. The topological polar surface area (TPSA) is 86.8 Å². The van der Waals surface area contributed by atoms with Gasteiger partial charge in [-0.15, -0.1) is 10.2 Å². The summed E-state index contributed by atoms with van der Waals surface area (Å²) in [7, 11) is 0. The van der Waals surface area contributed by atoms with Gasteiger partial charge in [0.2, 0.25) is 12.7 Å². The third-order valence-corrected chi connectivity index (χ3v) is 4.88. The van der Waals surface area contributed by atoms with Crippen LogP contribution in [0.15, 0.2) is 52.1 Å². The molecule has 146 valence electrons. The molecule has 1 aromatic heterocycles. The van der Waals surface area contributed by atoms with Crippen molar-refractivity contribution >= 4 is 11.8 Å². The van der Waals surface area contributed by atoms with Crippen molar-refractivity contribution in [3.05, 3.63) is 53.8 Å². The van der Waals surface area contributed by atoms with Crippen LogP contribution in [0, 0.1) is 5.82 Å². The van der Waals surface area contributed by atoms with E-state index in [1.165, 1.54) is 23.9 Å². The van der Waals surface area contributed by atoms with E-state index in [0.717, 1.165) is 11.3 Å². The highest BCUT2D eigenvalue weighted by Crippen LogP contribution is 2.32. The molecular formula is C19H17FN2O5S. The fourth-order valence-corrected chi connectivity index (χ4v) is 3.20. The van der Waals surface area contributed by atoms with Gasteiger partial charge in [0.1, 0.15) is 5.82 Å². The van der Waals surface area contributed by atoms with Gasteiger partial charge in [0.05, 0.1) is 19.3 Å². The first-order valence-corrected chi connectivity index (χ1v) is 9.52. The van der Waals surface area contributed by atoms with E-state index in [2.05, 4.69) is 10.2 Å². The quantitative estimate of drug-likeness (QED) is 0.573. The first-order valence-electron chi connectivity index (χ1n) is 8.54. The van der Waals surface area contributed by atoms with Crippen LogP contribution in [-0.2, 0) is 11.3 Å². The molecule has 1 aliphatic heterocycles. The van der Waals surface area contributed by atoms with E-state index in [4.69, 9.17) is 18.6 Å². The Hall–Kier alpha value is -2.62. The Labute approximate surface area is 164 Å². The van der Waals surface area contributed by atoms with E-state index in [0.29, 0.717) is 34.8 Å². The zero-order valence-corrected chi connectivity index (χ0v) is 15.5. The molecule has 0 radical (unpaired) electrons. The Morgan fingerprint density at radius 1 is 1.11 bits per heavy atom. The minimum Gasteiger partial charge on any atom is -0.454 e. The van der Waals surface area contributed by atoms with Gasteiger partial charge in [0.25, 0.3) is 5.22 Å². The van der Waals surface area contributed by atoms with Crippen molar-refractivity contribution < 1.29 is 28.1 Å². The van der Waals surface area contributed by atoms with Crippen molar-refractivity contribution in [2.75, 3.05) is 19.2 Å². The summed E-state index contributed by atoms with van der Waals surface area (Å²) in [5.41, 5.74) is 1.57. The second kappa shape index (κ2) is 8.59. The van der Waals surface area contributed by atoms with Crippen molar-refractivity contribution in [3.8, 4) is 23.0 Å². The van der Waals surface area contributed by atoms with E-state index in [-0.39, 0.29) is 19.2 Å². The predicted molar refractivity (Wildman–Crippen MR) is 98.6 cm³/mol. The lowest BCUT2D eigenvalue weighted by Crippen LogP contribution is -2.17. The van der Waals surface area contributed by atoms with Crippen molar-refractivity contribution in [1.29, 1.82) is 0 Å². The van der Waals surface area contributed by atoms with Crippen LogP contribution in [0.4, 0.5) is 4.39 Å². The van der Waals surface area contributed by atoms with Crippen LogP contribution in [-0.4, -0.2) is 40.6 Å². The number of ether oxygens (including phenoxy) is 3. The standard InChI is InChI=1S/C19H17FN2O5S/c20-14-4-2-13(3-5-14)18-21-22-19(27-18)28-10-15(23)9-24-8-12-1-6-16-17(7-12)26-11-25-16/h1-7,15,23H,8-11H2/t15-/m0/s1. The molecule has 0 saturated carbocycles. The van der Waals surface area contributed by atoms with Crippen molar-refractivity contribution in [2.45, 2.75) is 17.9 Å². The van der Waals surface area contributed by atoms with Crippen LogP contribution in [0.3, 0.4) is 0 Å². The summed E-state index contributed by atoms with van der Waals surface area (Å²) in [6.45, 7) is 0.752. The Morgan fingerprint density at radius 2 is 1.93 bits per heavy atom. The van der Waals surface area contributed by atoms with Crippen molar-refractivity contribution in [2.24, 2.45) is 0 Å². The largest absolute Gasteiger partial charge is 0.454 e. The van der Waals surface area contributed by atoms with Crippen LogP contribution < -0.4 is 9.47 Å². The molecule has 7 nitrogen and oxygen atoms in total. The van der Waals surface area contributed by atoms with Gasteiger partial charge in [-0.25, -0.2) is 4.39 Å². The Kier molecular flexibility index (Phi) is 5.75. The molecular weight excluding hydrogens is 387 g/mol. The number of nitrogens with zero attached hydrogens (tertiary/aromatic N) is 2. The number of hydrogen-bond acceptors (Lipinski definition) is 8. The number of thioether (sulfide) groups is 1. The maximum absolute atomic E-state index is 13.0. The molecule has 0 aliphatic carbocycles. The van der Waals surface area contributed by atoms with E-state index < -0.39 is 6.10 Å². The zero-order chi connectivity index (χ0) is 19.3. The van der Waals surface area contributed by atoms with Gasteiger partial charge in [0, 0.05) is 11.3 Å². The highest BCUT2D eigenvalue weighted by atomic mass is 32.2. The van der Waals surface area contributed by atoms with Crippen LogP contribution in [0.5, 0.6) is 11.5 Å². The number of fused-ring (bicyclic) bond motifs is 1. The maximum Gasteiger partial charge on any atom is 0.276 e. The third kappa shape index (κ3) is 4.61. The summed E-state index contributed by atoms with van der Waals surface area (Å²) < 4.78 is 34.6. The molecule has 0 spiro atoms. The van der Waals surface area contributed by atoms with Crippen molar-refractivity contribution in [3.63, 3.8) is 0 Å². The van der Waals surface area contributed by atoms with Gasteiger partial charge in [-0.1, -0.05) is 17.8 Å². The summed E-state index contributed by atoms with van der Waals surface area (Å²) in [5, 5.41) is 18.3. The summed E-state index contributed by atoms with van der Waals surface area (Å²) in [6, 6.07) is 11.4. The second-order valence-corrected chi connectivity index (χ2v) is 7.02. The van der Waals surface area contributed by atoms with Gasteiger partial charge < -0.3 is 23.7 Å². The predicted octanol–water partition coefficient (Wildman–Crippen LogP) is 3.27. The smallest absolute Gasteiger partial charge is 0.276 e. The normalized spacial score (nSPS) is 13.6.